The Labute approximate surface area is 187 Å². The Morgan fingerprint density at radius 2 is 1.53 bits per heavy atom. The van der Waals surface area contributed by atoms with E-state index in [0.29, 0.717) is 12.1 Å². The Kier molecular flexibility index (Phi) is 9.99. The molecule has 2 amide bonds. The Balaban J connectivity index is 1.78. The summed E-state index contributed by atoms with van der Waals surface area (Å²) < 4.78 is 5.09. The van der Waals surface area contributed by atoms with Crippen molar-refractivity contribution in [3.05, 3.63) is 66.2 Å². The SMILES string of the molecule is CC(C)C[C@H](NOC(=O)[C@H](C)NC(=O)OCc1ccccc1)C(=O)NNc1ccccc1. The molecule has 0 aromatic heterocycles. The highest BCUT2D eigenvalue weighted by Gasteiger charge is 2.24. The molecule has 0 saturated carbocycles. The van der Waals surface area contributed by atoms with Crippen LogP contribution in [0.1, 0.15) is 32.8 Å². The van der Waals surface area contributed by atoms with Gasteiger partial charge in [-0.25, -0.2) is 9.59 Å². The molecule has 0 aliphatic carbocycles. The molecule has 2 atom stereocenters. The number of hydroxylamine groups is 1. The number of hydrogen-bond donors (Lipinski definition) is 4. The van der Waals surface area contributed by atoms with Gasteiger partial charge in [-0.3, -0.25) is 15.6 Å². The topological polar surface area (TPSA) is 118 Å². The van der Waals surface area contributed by atoms with Crippen LogP contribution in [0.2, 0.25) is 0 Å². The normalized spacial score (nSPS) is 12.4. The fraction of sp³-hybridized carbons (Fsp3) is 0.348. The van der Waals surface area contributed by atoms with Crippen LogP contribution in [-0.4, -0.2) is 30.1 Å². The van der Waals surface area contributed by atoms with Gasteiger partial charge in [0.15, 0.2) is 0 Å². The average molecular weight is 443 g/mol. The maximum Gasteiger partial charge on any atom is 0.408 e. The third-order valence-corrected chi connectivity index (χ3v) is 4.33. The van der Waals surface area contributed by atoms with Crippen molar-refractivity contribution in [1.29, 1.82) is 0 Å². The van der Waals surface area contributed by atoms with Gasteiger partial charge in [-0.2, -0.15) is 0 Å². The molecular formula is C23H30N4O5. The lowest BCUT2D eigenvalue weighted by Gasteiger charge is -2.21. The quantitative estimate of drug-likeness (QED) is 0.395. The molecular weight excluding hydrogens is 412 g/mol. The molecule has 2 aromatic carbocycles. The lowest BCUT2D eigenvalue weighted by atomic mass is 10.0. The molecule has 9 heteroatoms. The van der Waals surface area contributed by atoms with E-state index in [1.165, 1.54) is 6.92 Å². The van der Waals surface area contributed by atoms with Crippen LogP contribution in [0.4, 0.5) is 10.5 Å². The van der Waals surface area contributed by atoms with Gasteiger partial charge in [0.05, 0.1) is 5.69 Å². The zero-order valence-electron chi connectivity index (χ0n) is 18.5. The number of carbonyl (C=O) groups excluding carboxylic acids is 3. The van der Waals surface area contributed by atoms with Gasteiger partial charge in [0.25, 0.3) is 5.91 Å². The molecule has 9 nitrogen and oxygen atoms in total. The predicted octanol–water partition coefficient (Wildman–Crippen LogP) is 2.91. The Hall–Kier alpha value is -3.59. The number of ether oxygens (including phenoxy) is 1. The molecule has 0 aliphatic heterocycles. The standard InChI is InChI=1S/C23H30N4O5/c1-16(2)14-20(21(28)26-25-19-12-8-5-9-13-19)27-32-22(29)17(3)24-23(30)31-15-18-10-6-4-7-11-18/h4-13,16-17,20,25,27H,14-15H2,1-3H3,(H,24,30)(H,26,28)/t17-,20-/m0/s1. The smallest absolute Gasteiger partial charge is 0.408 e. The van der Waals surface area contributed by atoms with Gasteiger partial charge < -0.3 is 14.9 Å². The predicted molar refractivity (Wildman–Crippen MR) is 120 cm³/mol. The van der Waals surface area contributed by atoms with E-state index in [2.05, 4.69) is 21.6 Å². The molecule has 0 radical (unpaired) electrons. The summed E-state index contributed by atoms with van der Waals surface area (Å²) in [6.45, 7) is 5.43. The number of benzene rings is 2. The number of rotatable bonds is 11. The molecule has 0 fully saturated rings. The molecule has 4 N–H and O–H groups in total. The van der Waals surface area contributed by atoms with E-state index in [4.69, 9.17) is 9.57 Å². The fourth-order valence-corrected chi connectivity index (χ4v) is 2.64. The van der Waals surface area contributed by atoms with Gasteiger partial charge in [0, 0.05) is 0 Å². The highest BCUT2D eigenvalue weighted by molar-refractivity contribution is 5.84. The zero-order chi connectivity index (χ0) is 23.3. The van der Waals surface area contributed by atoms with Crippen molar-refractivity contribution in [2.45, 2.75) is 45.9 Å². The molecule has 0 bridgehead atoms. The average Bonchev–Trinajstić information content (AvgIpc) is 2.79. The maximum absolute atomic E-state index is 12.5. The molecule has 0 unspecified atom stereocenters. The number of para-hydroxylation sites is 1. The van der Waals surface area contributed by atoms with Crippen molar-refractivity contribution >= 4 is 23.7 Å². The summed E-state index contributed by atoms with van der Waals surface area (Å²) >= 11 is 0. The Bertz CT molecular complexity index is 861. The highest BCUT2D eigenvalue weighted by atomic mass is 16.7. The van der Waals surface area contributed by atoms with Gasteiger partial charge in [-0.05, 0) is 37.0 Å². The van der Waals surface area contributed by atoms with Crippen molar-refractivity contribution in [3.63, 3.8) is 0 Å². The summed E-state index contributed by atoms with van der Waals surface area (Å²) in [5.74, 6) is -0.977. The lowest BCUT2D eigenvalue weighted by Crippen LogP contribution is -2.49. The van der Waals surface area contributed by atoms with Crippen LogP contribution in [-0.2, 0) is 25.8 Å². The van der Waals surface area contributed by atoms with Crippen molar-refractivity contribution in [2.24, 2.45) is 5.92 Å². The Morgan fingerprint density at radius 1 is 0.906 bits per heavy atom. The number of anilines is 1. The molecule has 0 spiro atoms. The summed E-state index contributed by atoms with van der Waals surface area (Å²) in [5, 5.41) is 2.40. The van der Waals surface area contributed by atoms with E-state index < -0.39 is 30.1 Å². The molecule has 0 saturated heterocycles. The molecule has 0 heterocycles. The summed E-state index contributed by atoms with van der Waals surface area (Å²) in [6, 6.07) is 16.5. The number of hydrazine groups is 1. The van der Waals surface area contributed by atoms with E-state index in [9.17, 15) is 14.4 Å². The van der Waals surface area contributed by atoms with E-state index in [-0.39, 0.29) is 12.5 Å². The second-order valence-electron chi connectivity index (χ2n) is 7.63. The Morgan fingerprint density at radius 3 is 2.16 bits per heavy atom. The van der Waals surface area contributed by atoms with Gasteiger partial charge in [0.1, 0.15) is 18.7 Å². The summed E-state index contributed by atoms with van der Waals surface area (Å²) in [7, 11) is 0. The third kappa shape index (κ3) is 9.05. The lowest BCUT2D eigenvalue weighted by molar-refractivity contribution is -0.156. The van der Waals surface area contributed by atoms with Gasteiger partial charge in [-0.15, -0.1) is 5.48 Å². The van der Waals surface area contributed by atoms with Gasteiger partial charge in [0.2, 0.25) is 0 Å². The van der Waals surface area contributed by atoms with Crippen LogP contribution in [0.15, 0.2) is 60.7 Å². The third-order valence-electron chi connectivity index (χ3n) is 4.33. The number of carbonyl (C=O) groups is 3. The van der Waals surface area contributed by atoms with Crippen LogP contribution in [0.25, 0.3) is 0 Å². The summed E-state index contributed by atoms with van der Waals surface area (Å²) in [5.41, 5.74) is 9.44. The van der Waals surface area contributed by atoms with Crippen molar-refractivity contribution < 1.29 is 24.0 Å². The van der Waals surface area contributed by atoms with E-state index >= 15 is 0 Å². The van der Waals surface area contributed by atoms with Crippen LogP contribution in [0.3, 0.4) is 0 Å². The minimum Gasteiger partial charge on any atom is -0.445 e. The van der Waals surface area contributed by atoms with Crippen LogP contribution in [0.5, 0.6) is 0 Å². The maximum atomic E-state index is 12.5. The van der Waals surface area contributed by atoms with Crippen LogP contribution < -0.4 is 21.6 Å². The first kappa shape index (κ1) is 24.7. The number of amides is 2. The van der Waals surface area contributed by atoms with Gasteiger partial charge in [-0.1, -0.05) is 62.4 Å². The van der Waals surface area contributed by atoms with E-state index in [0.717, 1.165) is 5.56 Å². The largest absolute Gasteiger partial charge is 0.445 e. The minimum absolute atomic E-state index is 0.0811. The number of alkyl carbamates (subject to hydrolysis) is 1. The first-order chi connectivity index (χ1) is 15.3. The second-order valence-corrected chi connectivity index (χ2v) is 7.63. The molecule has 172 valence electrons. The number of hydrogen-bond acceptors (Lipinski definition) is 7. The van der Waals surface area contributed by atoms with E-state index in [1.807, 2.05) is 62.4 Å². The van der Waals surface area contributed by atoms with Crippen molar-refractivity contribution in [3.8, 4) is 0 Å². The van der Waals surface area contributed by atoms with Crippen LogP contribution >= 0.6 is 0 Å². The summed E-state index contributed by atoms with van der Waals surface area (Å²) in [4.78, 5) is 41.7. The summed E-state index contributed by atoms with van der Waals surface area (Å²) in [6.07, 6.45) is -0.321. The minimum atomic E-state index is -0.976. The molecule has 2 aromatic rings. The highest BCUT2D eigenvalue weighted by Crippen LogP contribution is 2.07. The first-order valence-electron chi connectivity index (χ1n) is 10.4. The monoisotopic (exact) mass is 442 g/mol. The van der Waals surface area contributed by atoms with Gasteiger partial charge >= 0.3 is 12.1 Å². The molecule has 32 heavy (non-hydrogen) atoms. The van der Waals surface area contributed by atoms with Crippen molar-refractivity contribution in [2.75, 3.05) is 5.43 Å². The zero-order valence-corrected chi connectivity index (χ0v) is 18.5. The van der Waals surface area contributed by atoms with Crippen molar-refractivity contribution in [1.82, 2.24) is 16.2 Å². The first-order valence-corrected chi connectivity index (χ1v) is 10.4. The number of nitrogens with one attached hydrogen (secondary N) is 4. The van der Waals surface area contributed by atoms with Crippen LogP contribution in [0, 0.1) is 5.92 Å². The second kappa shape index (κ2) is 13.0. The fourth-order valence-electron chi connectivity index (χ4n) is 2.64. The molecule has 2 rings (SSSR count). The van der Waals surface area contributed by atoms with E-state index in [1.54, 1.807) is 12.1 Å². The molecule has 0 aliphatic rings.